The van der Waals surface area contributed by atoms with Gasteiger partial charge in [0.2, 0.25) is 0 Å². The summed E-state index contributed by atoms with van der Waals surface area (Å²) >= 11 is 0. The summed E-state index contributed by atoms with van der Waals surface area (Å²) in [6.07, 6.45) is 21.3. The largest absolute Gasteiger partial charge is 0.300 e. The number of carbonyl (C=O) groups excluding carboxylic acids is 1. The summed E-state index contributed by atoms with van der Waals surface area (Å²) in [5, 5.41) is 0. The molecule has 1 nitrogen and oxygen atoms in total. The van der Waals surface area contributed by atoms with Gasteiger partial charge in [-0.1, -0.05) is 60.0 Å². The van der Waals surface area contributed by atoms with Crippen LogP contribution >= 0.6 is 0 Å². The predicted octanol–water partition coefficient (Wildman–Crippen LogP) is 9.65. The fraction of sp³-hybridized carbons (Fsp3) is 0.912. The molecular weight excluding hydrogens is 424 g/mol. The summed E-state index contributed by atoms with van der Waals surface area (Å²) < 4.78 is 0. The molecular formula is C34H56O. The van der Waals surface area contributed by atoms with Gasteiger partial charge in [-0.05, 0) is 134 Å². The molecule has 0 amide bonds. The number of ketones is 1. The van der Waals surface area contributed by atoms with Crippen LogP contribution < -0.4 is 0 Å². The molecule has 11 atom stereocenters. The van der Waals surface area contributed by atoms with Gasteiger partial charge in [-0.15, -0.1) is 6.58 Å². The molecule has 35 heavy (non-hydrogen) atoms. The molecule has 0 saturated heterocycles. The van der Waals surface area contributed by atoms with Gasteiger partial charge in [0.05, 0.1) is 0 Å². The maximum Gasteiger partial charge on any atom is 0.129 e. The Morgan fingerprint density at radius 2 is 1.71 bits per heavy atom. The Balaban J connectivity index is 1.50. The first-order valence-electron chi connectivity index (χ1n) is 15.7. The number of rotatable bonds is 6. The molecule has 0 N–H and O–H groups in total. The van der Waals surface area contributed by atoms with E-state index in [1.54, 1.807) is 6.92 Å². The number of fused-ring (bicyclic) bond motifs is 7. The Bertz CT molecular complexity index is 828. The van der Waals surface area contributed by atoms with Crippen molar-refractivity contribution in [3.05, 3.63) is 12.7 Å². The molecule has 0 radical (unpaired) electrons. The van der Waals surface area contributed by atoms with E-state index in [-0.39, 0.29) is 0 Å². The quantitative estimate of drug-likeness (QED) is 0.346. The molecule has 0 aliphatic heterocycles. The van der Waals surface area contributed by atoms with E-state index < -0.39 is 0 Å². The summed E-state index contributed by atoms with van der Waals surface area (Å²) in [6, 6.07) is 0. The second kappa shape index (κ2) is 9.01. The van der Waals surface area contributed by atoms with Crippen molar-refractivity contribution in [1.82, 2.24) is 0 Å². The van der Waals surface area contributed by atoms with Crippen LogP contribution in [-0.2, 0) is 4.79 Å². The first-order valence-corrected chi connectivity index (χ1v) is 15.7. The third-order valence-corrected chi connectivity index (χ3v) is 14.4. The highest BCUT2D eigenvalue weighted by atomic mass is 16.1. The van der Waals surface area contributed by atoms with Crippen LogP contribution in [0.5, 0.6) is 0 Å². The lowest BCUT2D eigenvalue weighted by atomic mass is 9.33. The second-order valence-corrected chi connectivity index (χ2v) is 15.2. The summed E-state index contributed by atoms with van der Waals surface area (Å²) in [7, 11) is 0. The zero-order valence-electron chi connectivity index (χ0n) is 24.1. The van der Waals surface area contributed by atoms with Gasteiger partial charge in [0.25, 0.3) is 0 Å². The van der Waals surface area contributed by atoms with Gasteiger partial charge in [-0.3, -0.25) is 0 Å². The van der Waals surface area contributed by atoms with E-state index >= 15 is 0 Å². The molecule has 0 aromatic heterocycles. The van der Waals surface area contributed by atoms with Crippen molar-refractivity contribution in [2.45, 2.75) is 131 Å². The van der Waals surface area contributed by atoms with Crippen LogP contribution in [0.2, 0.25) is 0 Å². The van der Waals surface area contributed by atoms with Crippen molar-refractivity contribution in [3.8, 4) is 0 Å². The van der Waals surface area contributed by atoms with Gasteiger partial charge in [-0.25, -0.2) is 0 Å². The lowest BCUT2D eigenvalue weighted by molar-refractivity contribution is -0.226. The molecule has 0 aromatic rings. The highest BCUT2D eigenvalue weighted by molar-refractivity contribution is 5.75. The molecule has 5 saturated carbocycles. The van der Waals surface area contributed by atoms with Crippen LogP contribution in [0.15, 0.2) is 12.7 Å². The molecule has 0 bridgehead atoms. The van der Waals surface area contributed by atoms with E-state index in [4.69, 9.17) is 0 Å². The maximum atomic E-state index is 11.9. The zero-order chi connectivity index (χ0) is 25.2. The molecule has 10 unspecified atom stereocenters. The predicted molar refractivity (Wildman–Crippen MR) is 148 cm³/mol. The Morgan fingerprint density at radius 3 is 2.40 bits per heavy atom. The van der Waals surface area contributed by atoms with E-state index in [0.717, 1.165) is 48.3 Å². The van der Waals surface area contributed by atoms with Crippen molar-refractivity contribution in [2.24, 2.45) is 63.1 Å². The van der Waals surface area contributed by atoms with Gasteiger partial charge in [0.15, 0.2) is 0 Å². The topological polar surface area (TPSA) is 17.1 Å². The Morgan fingerprint density at radius 1 is 0.943 bits per heavy atom. The van der Waals surface area contributed by atoms with Gasteiger partial charge < -0.3 is 4.79 Å². The maximum absolute atomic E-state index is 11.9. The zero-order valence-corrected chi connectivity index (χ0v) is 24.1. The minimum absolute atomic E-state index is 0.363. The number of carbonyl (C=O) groups is 1. The van der Waals surface area contributed by atoms with Gasteiger partial charge in [0.1, 0.15) is 5.78 Å². The minimum Gasteiger partial charge on any atom is -0.300 e. The van der Waals surface area contributed by atoms with E-state index in [1.165, 1.54) is 77.0 Å². The summed E-state index contributed by atoms with van der Waals surface area (Å²) in [5.74, 6) is 6.32. The first-order chi connectivity index (χ1) is 16.6. The smallest absolute Gasteiger partial charge is 0.129 e. The van der Waals surface area contributed by atoms with Crippen LogP contribution in [0.4, 0.5) is 0 Å². The standard InChI is InChI=1S/C34H56O/c1-8-25(13-12-24(4)35)26-16-20-34(9-2)22-21-32(6)28(30(26)34)14-15-29-31(5)18-10-11-23(3)27(31)17-19-33(29,32)7/h9,23,25-30H,2,8,10-22H2,1,3-7H3/t23?,25?,26?,27?,28?,29?,30?,31?,32-,33?,34?/m1/s1. The average molecular weight is 481 g/mol. The van der Waals surface area contributed by atoms with Crippen molar-refractivity contribution >= 4 is 5.78 Å². The van der Waals surface area contributed by atoms with Crippen molar-refractivity contribution < 1.29 is 4.79 Å². The van der Waals surface area contributed by atoms with Crippen molar-refractivity contribution in [3.63, 3.8) is 0 Å². The van der Waals surface area contributed by atoms with Gasteiger partial charge in [-0.2, -0.15) is 0 Å². The van der Waals surface area contributed by atoms with Gasteiger partial charge in [0, 0.05) is 6.42 Å². The molecule has 5 fully saturated rings. The summed E-state index contributed by atoms with van der Waals surface area (Å²) in [6.45, 7) is 19.5. The molecule has 5 aliphatic carbocycles. The number of hydrogen-bond acceptors (Lipinski definition) is 1. The number of Topliss-reactive ketones (excluding diaryl/α,β-unsaturated/α-hetero) is 1. The lowest BCUT2D eigenvalue weighted by Gasteiger charge is -2.72. The Kier molecular flexibility index (Phi) is 6.70. The molecule has 5 rings (SSSR count). The normalized spacial score (nSPS) is 51.9. The first kappa shape index (κ1) is 26.0. The Labute approximate surface area is 217 Å². The molecule has 0 heterocycles. The van der Waals surface area contributed by atoms with Crippen molar-refractivity contribution in [1.29, 1.82) is 0 Å². The average Bonchev–Trinajstić information content (AvgIpc) is 3.20. The molecule has 1 heteroatoms. The second-order valence-electron chi connectivity index (χ2n) is 15.2. The highest BCUT2D eigenvalue weighted by Crippen LogP contribution is 2.77. The van der Waals surface area contributed by atoms with E-state index in [1.807, 2.05) is 0 Å². The molecule has 5 aliphatic rings. The van der Waals surface area contributed by atoms with Crippen LogP contribution in [0.1, 0.15) is 131 Å². The van der Waals surface area contributed by atoms with E-state index in [2.05, 4.69) is 47.3 Å². The number of allylic oxidation sites excluding steroid dienone is 1. The third-order valence-electron chi connectivity index (χ3n) is 14.4. The lowest BCUT2D eigenvalue weighted by Crippen LogP contribution is -2.64. The van der Waals surface area contributed by atoms with Crippen molar-refractivity contribution in [2.75, 3.05) is 0 Å². The molecule has 0 aromatic carbocycles. The fourth-order valence-electron chi connectivity index (χ4n) is 12.4. The SMILES string of the molecule is C=CC12CCC(C(CC)CCC(C)=O)C1C1CCC3C4(C)CCCC(C)C4CCC3(C)[C@]1(C)CC2. The molecule has 0 spiro atoms. The summed E-state index contributed by atoms with van der Waals surface area (Å²) in [4.78, 5) is 11.9. The Hall–Kier alpha value is -0.590. The van der Waals surface area contributed by atoms with Crippen LogP contribution in [-0.4, -0.2) is 5.78 Å². The van der Waals surface area contributed by atoms with E-state index in [0.29, 0.717) is 33.4 Å². The monoisotopic (exact) mass is 480 g/mol. The van der Waals surface area contributed by atoms with Gasteiger partial charge >= 0.3 is 0 Å². The van der Waals surface area contributed by atoms with E-state index in [9.17, 15) is 4.79 Å². The summed E-state index contributed by atoms with van der Waals surface area (Å²) in [5.41, 5.74) is 1.87. The highest BCUT2D eigenvalue weighted by Gasteiger charge is 2.69. The van der Waals surface area contributed by atoms with Crippen LogP contribution in [0.3, 0.4) is 0 Å². The number of hydrogen-bond donors (Lipinski definition) is 0. The fourth-order valence-corrected chi connectivity index (χ4v) is 12.4. The molecule has 198 valence electrons. The minimum atomic E-state index is 0.363. The van der Waals surface area contributed by atoms with Crippen LogP contribution in [0, 0.1) is 63.1 Å². The van der Waals surface area contributed by atoms with Crippen LogP contribution in [0.25, 0.3) is 0 Å². The third kappa shape index (κ3) is 3.62.